The number of carbonyl (C=O) groups excluding carboxylic acids is 1. The number of nitrogens with zero attached hydrogens (tertiary/aromatic N) is 3. The van der Waals surface area contributed by atoms with Crippen molar-refractivity contribution >= 4 is 11.9 Å². The fourth-order valence-electron chi connectivity index (χ4n) is 2.01. The predicted molar refractivity (Wildman–Crippen MR) is 81.1 cm³/mol. The van der Waals surface area contributed by atoms with Gasteiger partial charge in [-0.15, -0.1) is 0 Å². The molecule has 0 fully saturated rings. The largest absolute Gasteiger partial charge is 0.497 e. The minimum Gasteiger partial charge on any atom is -0.497 e. The Bertz CT molecular complexity index is 834. The van der Waals surface area contributed by atoms with E-state index in [1.165, 1.54) is 0 Å². The second kappa shape index (κ2) is 6.41. The Morgan fingerprint density at radius 3 is 2.58 bits per heavy atom. The van der Waals surface area contributed by atoms with Crippen LogP contribution in [0.2, 0.25) is 0 Å². The number of methoxy groups -OCH3 is 1. The molecule has 0 aliphatic carbocycles. The maximum atomic E-state index is 12.0. The minimum absolute atomic E-state index is 0.0879. The van der Waals surface area contributed by atoms with Gasteiger partial charge in [-0.3, -0.25) is 0 Å². The van der Waals surface area contributed by atoms with Gasteiger partial charge < -0.3 is 24.3 Å². The Balaban J connectivity index is 1.67. The lowest BCUT2D eigenvalue weighted by molar-refractivity contribution is 0.0430. The average molecular weight is 330 g/mol. The molecule has 9 heteroatoms. The summed E-state index contributed by atoms with van der Waals surface area (Å²) in [6, 6.07) is 7.15. The molecule has 2 aromatic heterocycles. The van der Waals surface area contributed by atoms with E-state index in [0.29, 0.717) is 11.5 Å². The first-order chi connectivity index (χ1) is 11.6. The normalized spacial score (nSPS) is 10.6. The second-order valence-corrected chi connectivity index (χ2v) is 4.82. The van der Waals surface area contributed by atoms with E-state index < -0.39 is 5.97 Å². The van der Waals surface area contributed by atoms with Crippen LogP contribution in [-0.4, -0.2) is 28.4 Å². The number of esters is 1. The van der Waals surface area contributed by atoms with E-state index in [2.05, 4.69) is 15.3 Å². The van der Waals surface area contributed by atoms with Crippen molar-refractivity contribution in [3.05, 3.63) is 41.4 Å². The zero-order chi connectivity index (χ0) is 17.1. The molecule has 9 nitrogen and oxygen atoms in total. The Morgan fingerprint density at radius 2 is 1.96 bits per heavy atom. The zero-order valence-corrected chi connectivity index (χ0v) is 13.0. The van der Waals surface area contributed by atoms with E-state index >= 15 is 0 Å². The van der Waals surface area contributed by atoms with Gasteiger partial charge in [-0.25, -0.2) is 4.79 Å². The molecule has 0 amide bonds. The van der Waals surface area contributed by atoms with Crippen LogP contribution in [0.15, 0.2) is 33.3 Å². The van der Waals surface area contributed by atoms with Crippen molar-refractivity contribution in [3.8, 4) is 17.1 Å². The van der Waals surface area contributed by atoms with Gasteiger partial charge in [-0.1, -0.05) is 10.3 Å². The van der Waals surface area contributed by atoms with Crippen LogP contribution in [0.1, 0.15) is 21.9 Å². The lowest BCUT2D eigenvalue weighted by Gasteiger charge is -2.00. The zero-order valence-electron chi connectivity index (χ0n) is 13.0. The molecule has 2 N–H and O–H groups in total. The Kier molecular flexibility index (Phi) is 4.15. The third kappa shape index (κ3) is 3.05. The molecule has 0 saturated carbocycles. The van der Waals surface area contributed by atoms with Gasteiger partial charge in [-0.2, -0.15) is 4.98 Å². The van der Waals surface area contributed by atoms with Crippen molar-refractivity contribution in [1.29, 1.82) is 0 Å². The average Bonchev–Trinajstić information content (AvgIpc) is 3.20. The van der Waals surface area contributed by atoms with Crippen molar-refractivity contribution in [3.63, 3.8) is 0 Å². The molecule has 0 atom stereocenters. The summed E-state index contributed by atoms with van der Waals surface area (Å²) in [7, 11) is 1.58. The van der Waals surface area contributed by atoms with Crippen LogP contribution in [-0.2, 0) is 11.3 Å². The maximum Gasteiger partial charge on any atom is 0.346 e. The summed E-state index contributed by atoms with van der Waals surface area (Å²) in [4.78, 5) is 16.1. The lowest BCUT2D eigenvalue weighted by Crippen LogP contribution is -2.08. The van der Waals surface area contributed by atoms with Crippen molar-refractivity contribution in [2.24, 2.45) is 0 Å². The summed E-state index contributed by atoms with van der Waals surface area (Å²) >= 11 is 0. The number of anilines is 1. The van der Waals surface area contributed by atoms with Gasteiger partial charge in [-0.05, 0) is 31.2 Å². The summed E-state index contributed by atoms with van der Waals surface area (Å²) in [6.07, 6.45) is 0. The van der Waals surface area contributed by atoms with Crippen molar-refractivity contribution in [2.75, 3.05) is 12.8 Å². The molecule has 24 heavy (non-hydrogen) atoms. The highest BCUT2D eigenvalue weighted by molar-refractivity contribution is 5.94. The highest BCUT2D eigenvalue weighted by atomic mass is 16.6. The summed E-state index contributed by atoms with van der Waals surface area (Å²) < 4.78 is 19.9. The van der Waals surface area contributed by atoms with Crippen LogP contribution in [0, 0.1) is 6.92 Å². The second-order valence-electron chi connectivity index (χ2n) is 4.82. The van der Waals surface area contributed by atoms with Crippen LogP contribution < -0.4 is 10.5 Å². The highest BCUT2D eigenvalue weighted by Gasteiger charge is 2.21. The number of benzene rings is 1. The molecule has 2 heterocycles. The number of aromatic nitrogens is 3. The molecule has 3 rings (SSSR count). The fraction of sp³-hybridized carbons (Fsp3) is 0.200. The van der Waals surface area contributed by atoms with Gasteiger partial charge in [0.05, 0.1) is 12.8 Å². The van der Waals surface area contributed by atoms with Crippen LogP contribution >= 0.6 is 0 Å². The number of nitrogen functional groups attached to an aromatic ring is 1. The molecule has 0 aliphatic rings. The van der Waals surface area contributed by atoms with Crippen molar-refractivity contribution < 1.29 is 23.3 Å². The molecule has 3 aromatic rings. The molecule has 0 bridgehead atoms. The summed E-state index contributed by atoms with van der Waals surface area (Å²) in [6.45, 7) is 1.40. The van der Waals surface area contributed by atoms with Gasteiger partial charge in [0, 0.05) is 5.56 Å². The third-order valence-corrected chi connectivity index (χ3v) is 3.24. The number of nitrogens with two attached hydrogens (primary N) is 1. The van der Waals surface area contributed by atoms with Gasteiger partial charge >= 0.3 is 5.97 Å². The van der Waals surface area contributed by atoms with E-state index in [1.54, 1.807) is 38.3 Å². The van der Waals surface area contributed by atoms with Crippen LogP contribution in [0.3, 0.4) is 0 Å². The number of hydrogen-bond donors (Lipinski definition) is 1. The summed E-state index contributed by atoms with van der Waals surface area (Å²) in [5.74, 6) is 0.488. The Hall–Kier alpha value is -3.36. The SMILES string of the molecule is COc1ccc(-c2noc(COC(=O)c3c(C)noc3N)n2)cc1. The number of aryl methyl sites for hydroxylation is 1. The number of ether oxygens (including phenoxy) is 2. The molecule has 0 radical (unpaired) electrons. The van der Waals surface area contributed by atoms with Gasteiger partial charge in [0.1, 0.15) is 11.3 Å². The minimum atomic E-state index is -0.671. The fourth-order valence-corrected chi connectivity index (χ4v) is 2.01. The lowest BCUT2D eigenvalue weighted by atomic mass is 10.2. The molecule has 0 aliphatic heterocycles. The number of carbonyl (C=O) groups is 1. The topological polar surface area (TPSA) is 127 Å². The number of rotatable bonds is 5. The van der Waals surface area contributed by atoms with Crippen molar-refractivity contribution in [1.82, 2.24) is 15.3 Å². The molecule has 0 unspecified atom stereocenters. The molecule has 0 saturated heterocycles. The standard InChI is InChI=1S/C15H14N4O5/c1-8-12(13(16)24-18-8)15(20)22-7-11-17-14(19-23-11)9-3-5-10(21-2)6-4-9/h3-6H,7,16H2,1-2H3. The number of hydrogen-bond acceptors (Lipinski definition) is 9. The first-order valence-corrected chi connectivity index (χ1v) is 6.94. The Labute approximate surface area is 136 Å². The summed E-state index contributed by atoms with van der Waals surface area (Å²) in [5, 5.41) is 7.43. The van der Waals surface area contributed by atoms with Gasteiger partial charge in [0.15, 0.2) is 6.61 Å². The third-order valence-electron chi connectivity index (χ3n) is 3.24. The molecule has 1 aromatic carbocycles. The van der Waals surface area contributed by atoms with E-state index in [4.69, 9.17) is 24.3 Å². The van der Waals surface area contributed by atoms with E-state index in [1.807, 2.05) is 0 Å². The van der Waals surface area contributed by atoms with Crippen LogP contribution in [0.25, 0.3) is 11.4 Å². The van der Waals surface area contributed by atoms with Gasteiger partial charge in [0.2, 0.25) is 11.7 Å². The van der Waals surface area contributed by atoms with Crippen LogP contribution in [0.4, 0.5) is 5.88 Å². The highest BCUT2D eigenvalue weighted by Crippen LogP contribution is 2.21. The van der Waals surface area contributed by atoms with Gasteiger partial charge in [0.25, 0.3) is 5.89 Å². The summed E-state index contributed by atoms with van der Waals surface area (Å²) in [5.41, 5.74) is 6.71. The first-order valence-electron chi connectivity index (χ1n) is 6.94. The van der Waals surface area contributed by atoms with Crippen molar-refractivity contribution in [2.45, 2.75) is 13.5 Å². The molecular formula is C15H14N4O5. The Morgan fingerprint density at radius 1 is 1.21 bits per heavy atom. The monoisotopic (exact) mass is 330 g/mol. The first kappa shape index (κ1) is 15.5. The molecule has 0 spiro atoms. The van der Waals surface area contributed by atoms with E-state index in [9.17, 15) is 4.79 Å². The predicted octanol–water partition coefficient (Wildman–Crippen LogP) is 1.98. The smallest absolute Gasteiger partial charge is 0.346 e. The maximum absolute atomic E-state index is 12.0. The van der Waals surface area contributed by atoms with E-state index in [-0.39, 0.29) is 23.9 Å². The molecular weight excluding hydrogens is 316 g/mol. The quantitative estimate of drug-likeness (QED) is 0.698. The van der Waals surface area contributed by atoms with Crippen LogP contribution in [0.5, 0.6) is 5.75 Å². The molecule has 124 valence electrons. The van der Waals surface area contributed by atoms with E-state index in [0.717, 1.165) is 11.3 Å².